The van der Waals surface area contributed by atoms with Crippen LogP contribution in [0.3, 0.4) is 0 Å². The molecule has 0 radical (unpaired) electrons. The Morgan fingerprint density at radius 1 is 1.32 bits per heavy atom. The molecular formula is C15H22N6O. The Kier molecular flexibility index (Phi) is 5.91. The van der Waals surface area contributed by atoms with Gasteiger partial charge in [-0.2, -0.15) is 5.10 Å². The predicted octanol–water partition coefficient (Wildman–Crippen LogP) is 0.256. The minimum atomic E-state index is 0.0228. The van der Waals surface area contributed by atoms with Gasteiger partial charge in [-0.05, 0) is 5.56 Å². The minimum Gasteiger partial charge on any atom is -0.396 e. The van der Waals surface area contributed by atoms with Crippen molar-refractivity contribution in [3.8, 4) is 0 Å². The number of aryl methyl sites for hydroxylation is 1. The van der Waals surface area contributed by atoms with E-state index >= 15 is 0 Å². The van der Waals surface area contributed by atoms with Gasteiger partial charge >= 0.3 is 0 Å². The number of benzene rings is 1. The molecule has 0 aliphatic rings. The number of aliphatic hydroxyl groups excluding tert-OH is 1. The first-order chi connectivity index (χ1) is 10.7. The van der Waals surface area contributed by atoms with Crippen molar-refractivity contribution >= 4 is 5.96 Å². The molecule has 0 saturated heterocycles. The normalized spacial score (nSPS) is 13.0. The summed E-state index contributed by atoms with van der Waals surface area (Å²) < 4.78 is 1.71. The van der Waals surface area contributed by atoms with Crippen molar-refractivity contribution in [2.24, 2.45) is 12.0 Å². The first-order valence-electron chi connectivity index (χ1n) is 7.17. The molecule has 3 N–H and O–H groups in total. The lowest BCUT2D eigenvalue weighted by molar-refractivity contribution is 0.265. The van der Waals surface area contributed by atoms with E-state index in [4.69, 9.17) is 0 Å². The number of guanidine groups is 1. The smallest absolute Gasteiger partial charge is 0.191 e. The molecule has 0 spiro atoms. The molecule has 0 saturated carbocycles. The van der Waals surface area contributed by atoms with E-state index in [1.165, 1.54) is 6.33 Å². The fraction of sp³-hybridized carbons (Fsp3) is 0.400. The number of aliphatic hydroxyl groups is 1. The quantitative estimate of drug-likeness (QED) is 0.526. The maximum absolute atomic E-state index is 9.56. The van der Waals surface area contributed by atoms with Crippen LogP contribution < -0.4 is 10.6 Å². The van der Waals surface area contributed by atoms with Gasteiger partial charge in [0.15, 0.2) is 5.96 Å². The molecule has 0 fully saturated rings. The molecule has 1 heterocycles. The molecule has 1 aromatic heterocycles. The molecule has 2 rings (SSSR count). The third-order valence-corrected chi connectivity index (χ3v) is 3.45. The molecule has 7 heteroatoms. The SMILES string of the molecule is CN=C(NCc1ncnn1C)NCC(CO)c1ccccc1. The van der Waals surface area contributed by atoms with Crippen LogP contribution in [0.2, 0.25) is 0 Å². The van der Waals surface area contributed by atoms with E-state index in [-0.39, 0.29) is 12.5 Å². The van der Waals surface area contributed by atoms with Crippen molar-refractivity contribution in [3.05, 3.63) is 48.0 Å². The molecule has 2 aromatic rings. The molecule has 0 amide bonds. The summed E-state index contributed by atoms with van der Waals surface area (Å²) >= 11 is 0. The van der Waals surface area contributed by atoms with E-state index in [0.717, 1.165) is 11.4 Å². The second-order valence-corrected chi connectivity index (χ2v) is 4.90. The Labute approximate surface area is 130 Å². The van der Waals surface area contributed by atoms with Crippen molar-refractivity contribution in [1.29, 1.82) is 0 Å². The second kappa shape index (κ2) is 8.14. The average Bonchev–Trinajstić information content (AvgIpc) is 2.97. The third-order valence-electron chi connectivity index (χ3n) is 3.45. The highest BCUT2D eigenvalue weighted by Gasteiger charge is 2.11. The van der Waals surface area contributed by atoms with Crippen LogP contribution in [0, 0.1) is 0 Å². The number of hydrogen-bond donors (Lipinski definition) is 3. The average molecular weight is 302 g/mol. The number of nitrogens with one attached hydrogen (secondary N) is 2. The van der Waals surface area contributed by atoms with E-state index in [1.54, 1.807) is 11.7 Å². The number of nitrogens with zero attached hydrogens (tertiary/aromatic N) is 4. The maximum Gasteiger partial charge on any atom is 0.191 e. The fourth-order valence-corrected chi connectivity index (χ4v) is 2.10. The first kappa shape index (κ1) is 16.0. The van der Waals surface area contributed by atoms with E-state index in [0.29, 0.717) is 19.0 Å². The standard InChI is InChI=1S/C15H22N6O/c1-16-15(18-9-14-19-11-20-21(14)2)17-8-13(10-22)12-6-4-3-5-7-12/h3-7,11,13,22H,8-10H2,1-2H3,(H2,16,17,18). The molecule has 1 aromatic carbocycles. The Bertz CT molecular complexity index is 595. The van der Waals surface area contributed by atoms with Gasteiger partial charge < -0.3 is 15.7 Å². The van der Waals surface area contributed by atoms with Crippen LogP contribution in [0.25, 0.3) is 0 Å². The summed E-state index contributed by atoms with van der Waals surface area (Å²) in [7, 11) is 3.56. The Morgan fingerprint density at radius 2 is 2.09 bits per heavy atom. The van der Waals surface area contributed by atoms with Gasteiger partial charge in [0.05, 0.1) is 13.2 Å². The Balaban J connectivity index is 1.86. The summed E-state index contributed by atoms with van der Waals surface area (Å²) in [6.07, 6.45) is 1.52. The van der Waals surface area contributed by atoms with Crippen LogP contribution in [0.15, 0.2) is 41.7 Å². The Morgan fingerprint density at radius 3 is 2.68 bits per heavy atom. The van der Waals surface area contributed by atoms with Gasteiger partial charge in [0.1, 0.15) is 12.2 Å². The molecule has 118 valence electrons. The van der Waals surface area contributed by atoms with Crippen molar-refractivity contribution in [1.82, 2.24) is 25.4 Å². The minimum absolute atomic E-state index is 0.0228. The molecule has 1 atom stereocenters. The summed E-state index contributed by atoms with van der Waals surface area (Å²) in [6.45, 7) is 1.21. The van der Waals surface area contributed by atoms with Crippen LogP contribution in [-0.4, -0.2) is 46.0 Å². The first-order valence-corrected chi connectivity index (χ1v) is 7.17. The number of rotatable bonds is 6. The zero-order chi connectivity index (χ0) is 15.8. The molecule has 0 aliphatic carbocycles. The lowest BCUT2D eigenvalue weighted by atomic mass is 10.0. The number of aliphatic imine (C=N–C) groups is 1. The number of hydrogen-bond acceptors (Lipinski definition) is 4. The monoisotopic (exact) mass is 302 g/mol. The highest BCUT2D eigenvalue weighted by molar-refractivity contribution is 5.79. The summed E-state index contributed by atoms with van der Waals surface area (Å²) in [4.78, 5) is 8.32. The van der Waals surface area contributed by atoms with Crippen molar-refractivity contribution in [3.63, 3.8) is 0 Å². The number of aromatic nitrogens is 3. The van der Waals surface area contributed by atoms with Crippen molar-refractivity contribution < 1.29 is 5.11 Å². The van der Waals surface area contributed by atoms with E-state index in [9.17, 15) is 5.11 Å². The zero-order valence-electron chi connectivity index (χ0n) is 12.9. The van der Waals surface area contributed by atoms with Crippen LogP contribution in [0.5, 0.6) is 0 Å². The molecule has 0 bridgehead atoms. The summed E-state index contributed by atoms with van der Waals surface area (Å²) in [5, 5.41) is 20.0. The van der Waals surface area contributed by atoms with Gasteiger partial charge in [-0.3, -0.25) is 9.67 Å². The van der Waals surface area contributed by atoms with Gasteiger partial charge in [0.25, 0.3) is 0 Å². The second-order valence-electron chi connectivity index (χ2n) is 4.90. The van der Waals surface area contributed by atoms with Crippen molar-refractivity contribution in [2.45, 2.75) is 12.5 Å². The fourth-order valence-electron chi connectivity index (χ4n) is 2.10. The molecular weight excluding hydrogens is 280 g/mol. The van der Waals surface area contributed by atoms with Crippen LogP contribution >= 0.6 is 0 Å². The predicted molar refractivity (Wildman–Crippen MR) is 85.5 cm³/mol. The van der Waals surface area contributed by atoms with Gasteiger partial charge in [-0.15, -0.1) is 0 Å². The summed E-state index contributed by atoms with van der Waals surface area (Å²) in [5.74, 6) is 1.51. The van der Waals surface area contributed by atoms with Crippen LogP contribution in [0.4, 0.5) is 0 Å². The van der Waals surface area contributed by atoms with Crippen LogP contribution in [-0.2, 0) is 13.6 Å². The van der Waals surface area contributed by atoms with Crippen molar-refractivity contribution in [2.75, 3.05) is 20.2 Å². The van der Waals surface area contributed by atoms with E-state index < -0.39 is 0 Å². The maximum atomic E-state index is 9.56. The molecule has 0 aliphatic heterocycles. The summed E-state index contributed by atoms with van der Waals surface area (Å²) in [5.41, 5.74) is 1.10. The largest absolute Gasteiger partial charge is 0.396 e. The van der Waals surface area contributed by atoms with E-state index in [1.807, 2.05) is 37.4 Å². The van der Waals surface area contributed by atoms with Gasteiger partial charge in [0.2, 0.25) is 0 Å². The van der Waals surface area contributed by atoms with Crippen LogP contribution in [0.1, 0.15) is 17.3 Å². The molecule has 1 unspecified atom stereocenters. The van der Waals surface area contributed by atoms with Gasteiger partial charge in [-0.1, -0.05) is 30.3 Å². The third kappa shape index (κ3) is 4.29. The Hall–Kier alpha value is -2.41. The molecule has 22 heavy (non-hydrogen) atoms. The summed E-state index contributed by atoms with van der Waals surface area (Å²) in [6, 6.07) is 9.93. The lowest BCUT2D eigenvalue weighted by Gasteiger charge is -2.18. The molecule has 7 nitrogen and oxygen atoms in total. The zero-order valence-corrected chi connectivity index (χ0v) is 12.9. The van der Waals surface area contributed by atoms with E-state index in [2.05, 4.69) is 25.7 Å². The lowest BCUT2D eigenvalue weighted by Crippen LogP contribution is -2.40. The van der Waals surface area contributed by atoms with Gasteiger partial charge in [0, 0.05) is 26.6 Å². The highest BCUT2D eigenvalue weighted by atomic mass is 16.3. The topological polar surface area (TPSA) is 87.4 Å². The van der Waals surface area contributed by atoms with Gasteiger partial charge in [-0.25, -0.2) is 4.98 Å². The highest BCUT2D eigenvalue weighted by Crippen LogP contribution is 2.13.